The molecule has 1 unspecified atom stereocenters. The number of anilines is 1. The molecule has 1 heterocycles. The summed E-state index contributed by atoms with van der Waals surface area (Å²) in [5.74, 6) is -1.00. The van der Waals surface area contributed by atoms with E-state index < -0.39 is 12.0 Å². The van der Waals surface area contributed by atoms with Gasteiger partial charge < -0.3 is 10.4 Å². The second kappa shape index (κ2) is 8.64. The van der Waals surface area contributed by atoms with Crippen LogP contribution in [-0.4, -0.2) is 46.8 Å². The molecule has 2 N–H and O–H groups in total. The summed E-state index contributed by atoms with van der Waals surface area (Å²) in [5, 5.41) is 11.8. The number of nitrogens with one attached hydrogen (secondary N) is 1. The van der Waals surface area contributed by atoms with E-state index >= 15 is 0 Å². The molecule has 1 aromatic carbocycles. The lowest BCUT2D eigenvalue weighted by molar-refractivity contribution is -0.142. The molecule has 1 aliphatic rings. The molecule has 1 fully saturated rings. The lowest BCUT2D eigenvalue weighted by atomic mass is 10.1. The number of carbonyl (C=O) groups is 3. The molecule has 6 nitrogen and oxygen atoms in total. The fraction of sp³-hybridized carbons (Fsp3) is 0.438. The number of Topliss-reactive ketones (excluding diaryl/α,β-unsaturated/α-hetero) is 1. The van der Waals surface area contributed by atoms with Gasteiger partial charge in [-0.3, -0.25) is 19.3 Å². The van der Waals surface area contributed by atoms with E-state index in [9.17, 15) is 14.4 Å². The summed E-state index contributed by atoms with van der Waals surface area (Å²) in [5.41, 5.74) is 1.23. The molecule has 0 bridgehead atoms. The Kier molecular flexibility index (Phi) is 7.19. The van der Waals surface area contributed by atoms with Gasteiger partial charge in [0.05, 0.1) is 0 Å². The molecule has 0 aliphatic carbocycles. The quantitative estimate of drug-likeness (QED) is 0.775. The van der Waals surface area contributed by atoms with Crippen molar-refractivity contribution in [3.8, 4) is 0 Å². The van der Waals surface area contributed by atoms with E-state index in [2.05, 4.69) is 5.32 Å². The van der Waals surface area contributed by atoms with Crippen molar-refractivity contribution in [1.29, 1.82) is 0 Å². The molecule has 2 rings (SSSR count). The Morgan fingerprint density at radius 3 is 2.48 bits per heavy atom. The molecule has 1 atom stereocenters. The summed E-state index contributed by atoms with van der Waals surface area (Å²) in [6, 6.07) is 6.23. The van der Waals surface area contributed by atoms with Crippen molar-refractivity contribution >= 4 is 35.8 Å². The molecule has 126 valence electrons. The average molecular weight is 341 g/mol. The average Bonchev–Trinajstić information content (AvgIpc) is 2.94. The molecule has 23 heavy (non-hydrogen) atoms. The van der Waals surface area contributed by atoms with Crippen molar-refractivity contribution in [3.63, 3.8) is 0 Å². The van der Waals surface area contributed by atoms with Crippen LogP contribution in [0.4, 0.5) is 5.69 Å². The molecular weight excluding hydrogens is 320 g/mol. The molecule has 0 radical (unpaired) electrons. The Labute approximate surface area is 141 Å². The first kappa shape index (κ1) is 19.1. The second-order valence-corrected chi connectivity index (χ2v) is 5.46. The van der Waals surface area contributed by atoms with Gasteiger partial charge in [0.1, 0.15) is 6.04 Å². The van der Waals surface area contributed by atoms with E-state index in [1.807, 2.05) is 4.90 Å². The van der Waals surface area contributed by atoms with Crippen LogP contribution >= 0.6 is 12.4 Å². The van der Waals surface area contributed by atoms with Crippen molar-refractivity contribution in [1.82, 2.24) is 4.90 Å². The van der Waals surface area contributed by atoms with Crippen LogP contribution in [0.1, 0.15) is 36.5 Å². The number of hydrogen-bond donors (Lipinski definition) is 2. The number of ketones is 1. The van der Waals surface area contributed by atoms with E-state index in [4.69, 9.17) is 5.11 Å². The minimum absolute atomic E-state index is 0. The Hall–Kier alpha value is -1.92. The fourth-order valence-electron chi connectivity index (χ4n) is 2.63. The van der Waals surface area contributed by atoms with Crippen LogP contribution in [0.3, 0.4) is 0 Å². The molecule has 7 heteroatoms. The molecule has 0 spiro atoms. The lowest BCUT2D eigenvalue weighted by Crippen LogP contribution is -2.37. The highest BCUT2D eigenvalue weighted by molar-refractivity contribution is 5.95. The van der Waals surface area contributed by atoms with Crippen molar-refractivity contribution in [3.05, 3.63) is 29.8 Å². The van der Waals surface area contributed by atoms with Crippen molar-refractivity contribution < 1.29 is 19.5 Å². The van der Waals surface area contributed by atoms with Crippen LogP contribution in [0.5, 0.6) is 0 Å². The van der Waals surface area contributed by atoms with E-state index in [1.165, 1.54) is 6.92 Å². The van der Waals surface area contributed by atoms with Gasteiger partial charge in [-0.05, 0) is 50.6 Å². The summed E-state index contributed by atoms with van der Waals surface area (Å²) < 4.78 is 0. The number of carbonyl (C=O) groups excluding carboxylic acids is 2. The number of nitrogens with zero attached hydrogens (tertiary/aromatic N) is 1. The maximum atomic E-state index is 11.9. The van der Waals surface area contributed by atoms with E-state index in [0.717, 1.165) is 13.0 Å². The summed E-state index contributed by atoms with van der Waals surface area (Å²) in [6.45, 7) is 2.65. The highest BCUT2D eigenvalue weighted by Crippen LogP contribution is 2.17. The molecular formula is C16H21ClN2O4. The van der Waals surface area contributed by atoms with Crippen molar-refractivity contribution in [2.75, 3.05) is 18.4 Å². The number of benzene rings is 1. The summed E-state index contributed by atoms with van der Waals surface area (Å²) in [7, 11) is 0. The number of carboxylic acid groups (broad SMARTS) is 1. The number of likely N-dealkylation sites (tertiary alicyclic amines) is 1. The Balaban J connectivity index is 0.00000264. The van der Waals surface area contributed by atoms with Gasteiger partial charge in [-0.15, -0.1) is 12.4 Å². The molecule has 0 aromatic heterocycles. The van der Waals surface area contributed by atoms with Crippen LogP contribution in [0.2, 0.25) is 0 Å². The zero-order valence-electron chi connectivity index (χ0n) is 12.9. The molecule has 0 saturated carbocycles. The van der Waals surface area contributed by atoms with Gasteiger partial charge in [0.25, 0.3) is 0 Å². The second-order valence-electron chi connectivity index (χ2n) is 5.46. The van der Waals surface area contributed by atoms with Crippen LogP contribution in [0, 0.1) is 0 Å². The Bertz CT molecular complexity index is 574. The van der Waals surface area contributed by atoms with E-state index in [-0.39, 0.29) is 30.5 Å². The third kappa shape index (κ3) is 5.33. The van der Waals surface area contributed by atoms with Gasteiger partial charge in [-0.2, -0.15) is 0 Å². The normalized spacial score (nSPS) is 17.3. The van der Waals surface area contributed by atoms with Gasteiger partial charge in [0.2, 0.25) is 5.91 Å². The standard InChI is InChI=1S/C16H20N2O4.ClH/c1-11(19)12-4-6-13(7-5-12)17-15(20)8-10-18-9-2-3-14(18)16(21)22;/h4-7,14H,2-3,8-10H2,1H3,(H,17,20)(H,21,22);1H. The molecule has 1 saturated heterocycles. The first-order valence-electron chi connectivity index (χ1n) is 7.35. The molecule has 1 aromatic rings. The predicted molar refractivity (Wildman–Crippen MR) is 89.2 cm³/mol. The van der Waals surface area contributed by atoms with Gasteiger partial charge >= 0.3 is 5.97 Å². The third-order valence-corrected chi connectivity index (χ3v) is 3.85. The molecule has 1 aliphatic heterocycles. The van der Waals surface area contributed by atoms with Crippen molar-refractivity contribution in [2.24, 2.45) is 0 Å². The van der Waals surface area contributed by atoms with Crippen LogP contribution in [0.25, 0.3) is 0 Å². The fourth-order valence-corrected chi connectivity index (χ4v) is 2.63. The number of aliphatic carboxylic acids is 1. The first-order chi connectivity index (χ1) is 10.5. The number of halogens is 1. The molecule has 1 amide bonds. The van der Waals surface area contributed by atoms with Gasteiger partial charge in [0.15, 0.2) is 5.78 Å². The number of hydrogen-bond acceptors (Lipinski definition) is 4. The highest BCUT2D eigenvalue weighted by atomic mass is 35.5. The Morgan fingerprint density at radius 1 is 1.26 bits per heavy atom. The smallest absolute Gasteiger partial charge is 0.320 e. The third-order valence-electron chi connectivity index (χ3n) is 3.85. The topological polar surface area (TPSA) is 86.7 Å². The monoisotopic (exact) mass is 340 g/mol. The maximum absolute atomic E-state index is 11.9. The maximum Gasteiger partial charge on any atom is 0.320 e. The zero-order valence-corrected chi connectivity index (χ0v) is 13.8. The van der Waals surface area contributed by atoms with Gasteiger partial charge in [-0.1, -0.05) is 0 Å². The number of amides is 1. The van der Waals surface area contributed by atoms with Gasteiger partial charge in [0, 0.05) is 24.2 Å². The minimum atomic E-state index is -0.822. The van der Waals surface area contributed by atoms with Gasteiger partial charge in [-0.25, -0.2) is 0 Å². The number of rotatable bonds is 6. The minimum Gasteiger partial charge on any atom is -0.480 e. The first-order valence-corrected chi connectivity index (χ1v) is 7.35. The largest absolute Gasteiger partial charge is 0.480 e. The number of carboxylic acids is 1. The van der Waals surface area contributed by atoms with Crippen LogP contribution in [0.15, 0.2) is 24.3 Å². The van der Waals surface area contributed by atoms with E-state index in [0.29, 0.717) is 24.2 Å². The van der Waals surface area contributed by atoms with Crippen LogP contribution in [-0.2, 0) is 9.59 Å². The predicted octanol–water partition coefficient (Wildman–Crippen LogP) is 2.19. The summed E-state index contributed by atoms with van der Waals surface area (Å²) in [6.07, 6.45) is 1.74. The Morgan fingerprint density at radius 2 is 1.91 bits per heavy atom. The van der Waals surface area contributed by atoms with Crippen molar-refractivity contribution in [2.45, 2.75) is 32.2 Å². The summed E-state index contributed by atoms with van der Waals surface area (Å²) >= 11 is 0. The lowest BCUT2D eigenvalue weighted by Gasteiger charge is -2.20. The SMILES string of the molecule is CC(=O)c1ccc(NC(=O)CCN2CCCC2C(=O)O)cc1.Cl. The highest BCUT2D eigenvalue weighted by Gasteiger charge is 2.30. The van der Waals surface area contributed by atoms with E-state index in [1.54, 1.807) is 24.3 Å². The zero-order chi connectivity index (χ0) is 16.1. The summed E-state index contributed by atoms with van der Waals surface area (Å²) in [4.78, 5) is 36.0. The van der Waals surface area contributed by atoms with Crippen LogP contribution < -0.4 is 5.32 Å².